The van der Waals surface area contributed by atoms with Crippen molar-refractivity contribution in [2.75, 3.05) is 21.0 Å². The van der Waals surface area contributed by atoms with Gasteiger partial charge in [0.2, 0.25) is 12.5 Å². The Morgan fingerprint density at radius 3 is 2.32 bits per heavy atom. The molecule has 2 heterocycles. The number of carbonyl (C=O) groups is 2. The summed E-state index contributed by atoms with van der Waals surface area (Å²) in [6.45, 7) is 0.0924. The molecule has 0 amide bonds. The lowest BCUT2D eigenvalue weighted by molar-refractivity contribution is -0.570. The monoisotopic (exact) mass is 485 g/mol. The molecule has 2 aromatic carbocycles. The standard InChI is InChI=1S/C22H16BrNO7/c1-28-21(26)19(20(25)22(27)29-2)24-10-13-8-15-16(31-11-30-15)9-14(13)17(23)18(24)12-6-4-3-5-7-12/h3-10H,11H2,1-2H3. The highest BCUT2D eigenvalue weighted by molar-refractivity contribution is 9.10. The van der Waals surface area contributed by atoms with E-state index in [2.05, 4.69) is 20.7 Å². The van der Waals surface area contributed by atoms with Crippen molar-refractivity contribution in [3.8, 4) is 22.8 Å². The molecule has 0 aliphatic carbocycles. The smallest absolute Gasteiger partial charge is 0.403 e. The second kappa shape index (κ2) is 8.27. The number of hydrogen-bond donors (Lipinski definition) is 0. The van der Waals surface area contributed by atoms with Gasteiger partial charge in [0.1, 0.15) is 0 Å². The summed E-state index contributed by atoms with van der Waals surface area (Å²) in [4.78, 5) is 24.7. The summed E-state index contributed by atoms with van der Waals surface area (Å²) in [7, 11) is 2.19. The molecule has 0 atom stereocenters. The van der Waals surface area contributed by atoms with Crippen LogP contribution >= 0.6 is 15.9 Å². The van der Waals surface area contributed by atoms with E-state index >= 15 is 0 Å². The average molecular weight is 486 g/mol. The van der Waals surface area contributed by atoms with Crippen LogP contribution in [0.5, 0.6) is 11.5 Å². The first kappa shape index (κ1) is 20.7. The molecule has 0 spiro atoms. The number of carbonyl (C=O) groups excluding carboxylic acids is 2. The minimum Gasteiger partial charge on any atom is -0.863 e. The summed E-state index contributed by atoms with van der Waals surface area (Å²) in [6, 6.07) is 12.6. The zero-order chi connectivity index (χ0) is 22.1. The van der Waals surface area contributed by atoms with Crippen LogP contribution in [0.4, 0.5) is 0 Å². The molecule has 0 saturated carbocycles. The summed E-state index contributed by atoms with van der Waals surface area (Å²) in [5.41, 5.74) is 0.645. The molecular formula is C22H16BrNO7. The normalized spacial score (nSPS) is 13.0. The number of rotatable bonds is 4. The van der Waals surface area contributed by atoms with Crippen molar-refractivity contribution >= 4 is 44.3 Å². The van der Waals surface area contributed by atoms with Crippen LogP contribution in [-0.4, -0.2) is 33.0 Å². The zero-order valence-corrected chi connectivity index (χ0v) is 18.1. The van der Waals surface area contributed by atoms with Gasteiger partial charge in [0.15, 0.2) is 17.7 Å². The Labute approximate surface area is 185 Å². The number of esters is 2. The molecule has 3 aromatic rings. The summed E-state index contributed by atoms with van der Waals surface area (Å²) >= 11 is 3.61. The van der Waals surface area contributed by atoms with Gasteiger partial charge in [-0.05, 0) is 40.2 Å². The molecular weight excluding hydrogens is 470 g/mol. The molecule has 1 aliphatic rings. The minimum atomic E-state index is -1.19. The lowest BCUT2D eigenvalue weighted by Crippen LogP contribution is -2.43. The Balaban J connectivity index is 2.13. The van der Waals surface area contributed by atoms with Crippen molar-refractivity contribution in [1.29, 1.82) is 0 Å². The zero-order valence-electron chi connectivity index (χ0n) is 16.5. The van der Waals surface area contributed by atoms with Gasteiger partial charge in [0.05, 0.1) is 29.8 Å². The highest BCUT2D eigenvalue weighted by Crippen LogP contribution is 2.40. The van der Waals surface area contributed by atoms with Crippen LogP contribution in [0.2, 0.25) is 0 Å². The van der Waals surface area contributed by atoms with Crippen molar-refractivity contribution < 1.29 is 38.2 Å². The quantitative estimate of drug-likeness (QED) is 0.241. The van der Waals surface area contributed by atoms with Crippen LogP contribution < -0.4 is 19.1 Å². The number of fused-ring (bicyclic) bond motifs is 2. The molecule has 0 radical (unpaired) electrons. The minimum absolute atomic E-state index is 0.0924. The van der Waals surface area contributed by atoms with Crippen LogP contribution in [-0.2, 0) is 19.1 Å². The van der Waals surface area contributed by atoms with E-state index in [9.17, 15) is 14.7 Å². The summed E-state index contributed by atoms with van der Waals surface area (Å²) in [5, 5.41) is 14.2. The van der Waals surface area contributed by atoms with E-state index in [1.165, 1.54) is 4.57 Å². The molecule has 0 N–H and O–H groups in total. The van der Waals surface area contributed by atoms with E-state index in [4.69, 9.17) is 14.2 Å². The van der Waals surface area contributed by atoms with Gasteiger partial charge in [0, 0.05) is 10.9 Å². The summed E-state index contributed by atoms with van der Waals surface area (Å²) < 4.78 is 22.2. The molecule has 31 heavy (non-hydrogen) atoms. The largest absolute Gasteiger partial charge is 0.863 e. The topological polar surface area (TPSA) is 98.0 Å². The average Bonchev–Trinajstić information content (AvgIpc) is 3.25. The van der Waals surface area contributed by atoms with E-state index in [-0.39, 0.29) is 6.79 Å². The first-order valence-electron chi connectivity index (χ1n) is 9.07. The van der Waals surface area contributed by atoms with E-state index in [1.54, 1.807) is 18.3 Å². The highest BCUT2D eigenvalue weighted by atomic mass is 79.9. The molecule has 0 saturated heterocycles. The first-order chi connectivity index (χ1) is 15.0. The number of pyridine rings is 1. The Morgan fingerprint density at radius 1 is 1.03 bits per heavy atom. The van der Waals surface area contributed by atoms with Crippen LogP contribution in [0.15, 0.2) is 58.9 Å². The highest BCUT2D eigenvalue weighted by Gasteiger charge is 2.33. The molecule has 4 rings (SSSR count). The first-order valence-corrected chi connectivity index (χ1v) is 9.86. The van der Waals surface area contributed by atoms with E-state index in [0.29, 0.717) is 32.6 Å². The molecule has 9 heteroatoms. The molecule has 158 valence electrons. The van der Waals surface area contributed by atoms with E-state index in [1.807, 2.05) is 30.3 Å². The lowest BCUT2D eigenvalue weighted by Gasteiger charge is -2.15. The predicted molar refractivity (Wildman–Crippen MR) is 111 cm³/mol. The van der Waals surface area contributed by atoms with Gasteiger partial charge >= 0.3 is 11.9 Å². The van der Waals surface area contributed by atoms with Gasteiger partial charge in [-0.25, -0.2) is 9.59 Å². The maximum atomic E-state index is 12.8. The van der Waals surface area contributed by atoms with Crippen LogP contribution in [0.25, 0.3) is 27.7 Å². The molecule has 0 fully saturated rings. The third-order valence-electron chi connectivity index (χ3n) is 4.75. The number of methoxy groups -OCH3 is 2. The van der Waals surface area contributed by atoms with Crippen molar-refractivity contribution in [3.63, 3.8) is 0 Å². The van der Waals surface area contributed by atoms with Crippen molar-refractivity contribution in [2.24, 2.45) is 0 Å². The molecule has 1 aliphatic heterocycles. The third kappa shape index (κ3) is 3.57. The SMILES string of the molecule is COC(=O)/C([O-])=C(\C(=O)OC)[n+]1cc2cc3c(cc2c(Br)c1-c1ccccc1)OCO3. The fourth-order valence-electron chi connectivity index (χ4n) is 3.32. The maximum absolute atomic E-state index is 12.8. The number of aromatic nitrogens is 1. The van der Waals surface area contributed by atoms with Gasteiger partial charge in [-0.3, -0.25) is 0 Å². The summed E-state index contributed by atoms with van der Waals surface area (Å²) in [5.74, 6) is -2.20. The van der Waals surface area contributed by atoms with E-state index in [0.717, 1.165) is 19.6 Å². The van der Waals surface area contributed by atoms with Crippen molar-refractivity contribution in [2.45, 2.75) is 0 Å². The number of nitrogens with zero attached hydrogens (tertiary/aromatic N) is 1. The molecule has 8 nitrogen and oxygen atoms in total. The third-order valence-corrected chi connectivity index (χ3v) is 5.55. The number of hydrogen-bond acceptors (Lipinski definition) is 7. The van der Waals surface area contributed by atoms with Gasteiger partial charge in [-0.15, -0.1) is 0 Å². The second-order valence-electron chi connectivity index (χ2n) is 6.48. The number of halogens is 1. The van der Waals surface area contributed by atoms with Gasteiger partial charge in [0.25, 0.3) is 5.70 Å². The Morgan fingerprint density at radius 2 is 1.68 bits per heavy atom. The maximum Gasteiger partial charge on any atom is 0.403 e. The van der Waals surface area contributed by atoms with Gasteiger partial charge in [-0.2, -0.15) is 4.57 Å². The van der Waals surface area contributed by atoms with Crippen molar-refractivity contribution in [3.05, 3.63) is 58.9 Å². The fourth-order valence-corrected chi connectivity index (χ4v) is 4.08. The lowest BCUT2D eigenvalue weighted by atomic mass is 10.1. The van der Waals surface area contributed by atoms with Gasteiger partial charge < -0.3 is 24.1 Å². The summed E-state index contributed by atoms with van der Waals surface area (Å²) in [6.07, 6.45) is 1.57. The number of benzene rings is 2. The van der Waals surface area contributed by atoms with Crippen molar-refractivity contribution in [1.82, 2.24) is 0 Å². The number of ether oxygens (including phenoxy) is 4. The molecule has 0 bridgehead atoms. The van der Waals surface area contributed by atoms with Crippen LogP contribution in [0.3, 0.4) is 0 Å². The molecule has 0 unspecified atom stereocenters. The van der Waals surface area contributed by atoms with E-state index < -0.39 is 23.4 Å². The van der Waals surface area contributed by atoms with Gasteiger partial charge in [-0.1, -0.05) is 18.2 Å². The van der Waals surface area contributed by atoms with Crippen LogP contribution in [0.1, 0.15) is 0 Å². The predicted octanol–water partition coefficient (Wildman–Crippen LogP) is 2.16. The fraction of sp³-hybridized carbons (Fsp3) is 0.136. The van der Waals surface area contributed by atoms with Crippen LogP contribution in [0, 0.1) is 0 Å². The second-order valence-corrected chi connectivity index (χ2v) is 7.27. The Bertz CT molecular complexity index is 1240. The molecule has 1 aromatic heterocycles. The Kier molecular flexibility index (Phi) is 5.51. The Hall–Kier alpha value is -3.59.